The summed E-state index contributed by atoms with van der Waals surface area (Å²) in [5, 5.41) is 9.16. The maximum atomic E-state index is 10.5. The molecule has 1 N–H and O–H groups in total. The van der Waals surface area contributed by atoms with Gasteiger partial charge in [-0.3, -0.25) is 0 Å². The van der Waals surface area contributed by atoms with Crippen LogP contribution in [0.15, 0.2) is 46.9 Å². The fourth-order valence-corrected chi connectivity index (χ4v) is 2.24. The van der Waals surface area contributed by atoms with Crippen LogP contribution in [0, 0.1) is 6.92 Å². The molecule has 21 heavy (non-hydrogen) atoms. The number of halogens is 2. The summed E-state index contributed by atoms with van der Waals surface area (Å²) in [6.45, 7) is 1.89. The van der Waals surface area contributed by atoms with Gasteiger partial charge in [0.2, 0.25) is 0 Å². The number of aliphatic carboxylic acids is 1. The molecule has 0 amide bonds. The van der Waals surface area contributed by atoms with E-state index in [1.807, 2.05) is 19.1 Å². The molecule has 0 fully saturated rings. The van der Waals surface area contributed by atoms with Crippen molar-refractivity contribution in [2.75, 3.05) is 0 Å². The van der Waals surface area contributed by atoms with Crippen molar-refractivity contribution in [3.63, 3.8) is 0 Å². The van der Waals surface area contributed by atoms with E-state index in [0.29, 0.717) is 16.5 Å². The molecular formula is C16H12BrClO3. The van der Waals surface area contributed by atoms with Crippen LogP contribution in [-0.4, -0.2) is 11.1 Å². The van der Waals surface area contributed by atoms with Gasteiger partial charge in [-0.25, -0.2) is 4.79 Å². The topological polar surface area (TPSA) is 46.5 Å². The highest BCUT2D eigenvalue weighted by Crippen LogP contribution is 2.32. The van der Waals surface area contributed by atoms with Crippen molar-refractivity contribution in [2.45, 2.75) is 6.92 Å². The summed E-state index contributed by atoms with van der Waals surface area (Å²) in [7, 11) is 0. The van der Waals surface area contributed by atoms with E-state index in [4.69, 9.17) is 21.4 Å². The molecule has 2 aromatic rings. The number of aryl methyl sites for hydroxylation is 1. The molecule has 0 aliphatic carbocycles. The lowest BCUT2D eigenvalue weighted by atomic mass is 10.1. The first-order valence-corrected chi connectivity index (χ1v) is 7.27. The molecule has 0 aliphatic rings. The summed E-state index contributed by atoms with van der Waals surface area (Å²) in [6.07, 6.45) is 2.65. The Hall–Kier alpha value is -1.78. The molecular weight excluding hydrogens is 356 g/mol. The number of rotatable bonds is 4. The van der Waals surface area contributed by atoms with Crippen LogP contribution in [0.1, 0.15) is 11.1 Å². The maximum Gasteiger partial charge on any atom is 0.328 e. The summed E-state index contributed by atoms with van der Waals surface area (Å²) in [6, 6.07) is 10.8. The van der Waals surface area contributed by atoms with E-state index in [0.717, 1.165) is 21.7 Å². The third-order valence-corrected chi connectivity index (χ3v) is 3.57. The molecule has 2 rings (SSSR count). The normalized spacial score (nSPS) is 10.8. The van der Waals surface area contributed by atoms with E-state index in [2.05, 4.69) is 15.9 Å². The number of hydrogen-bond acceptors (Lipinski definition) is 2. The standard InChI is InChI=1S/C16H12BrClO3/c1-10-8-13(5-2-11(10)3-7-16(19)20)21-15-9-12(17)4-6-14(15)18/h2-9H,1H3,(H,19,20). The molecule has 0 saturated carbocycles. The lowest BCUT2D eigenvalue weighted by molar-refractivity contribution is -0.131. The first kappa shape index (κ1) is 15.6. The Morgan fingerprint density at radius 3 is 2.71 bits per heavy atom. The van der Waals surface area contributed by atoms with Crippen molar-refractivity contribution >= 4 is 39.6 Å². The van der Waals surface area contributed by atoms with E-state index in [9.17, 15) is 4.79 Å². The number of hydrogen-bond donors (Lipinski definition) is 1. The van der Waals surface area contributed by atoms with Crippen LogP contribution < -0.4 is 4.74 Å². The minimum absolute atomic E-state index is 0.519. The predicted molar refractivity (Wildman–Crippen MR) is 87.1 cm³/mol. The first-order valence-electron chi connectivity index (χ1n) is 6.10. The Morgan fingerprint density at radius 2 is 2.05 bits per heavy atom. The van der Waals surface area contributed by atoms with E-state index >= 15 is 0 Å². The third kappa shape index (κ3) is 4.34. The Morgan fingerprint density at radius 1 is 1.29 bits per heavy atom. The molecule has 3 nitrogen and oxygen atoms in total. The second kappa shape index (κ2) is 6.78. The molecule has 108 valence electrons. The van der Waals surface area contributed by atoms with Crippen molar-refractivity contribution in [3.8, 4) is 11.5 Å². The molecule has 2 aromatic carbocycles. The summed E-state index contributed by atoms with van der Waals surface area (Å²) < 4.78 is 6.62. The van der Waals surface area contributed by atoms with Gasteiger partial charge in [0, 0.05) is 10.5 Å². The highest BCUT2D eigenvalue weighted by Gasteiger charge is 2.05. The molecule has 0 spiro atoms. The van der Waals surface area contributed by atoms with Crippen LogP contribution in [0.5, 0.6) is 11.5 Å². The van der Waals surface area contributed by atoms with Crippen LogP contribution in [0.25, 0.3) is 6.08 Å². The van der Waals surface area contributed by atoms with E-state index < -0.39 is 5.97 Å². The van der Waals surface area contributed by atoms with Gasteiger partial charge in [0.05, 0.1) is 5.02 Å². The van der Waals surface area contributed by atoms with Gasteiger partial charge in [-0.15, -0.1) is 0 Å². The molecule has 0 unspecified atom stereocenters. The van der Waals surface area contributed by atoms with Crippen LogP contribution in [-0.2, 0) is 4.79 Å². The monoisotopic (exact) mass is 366 g/mol. The third-order valence-electron chi connectivity index (χ3n) is 2.77. The van der Waals surface area contributed by atoms with Crippen molar-refractivity contribution in [2.24, 2.45) is 0 Å². The average Bonchev–Trinajstić information content (AvgIpc) is 2.42. The molecule has 0 bridgehead atoms. The Kier molecular flexibility index (Phi) is 5.04. The highest BCUT2D eigenvalue weighted by molar-refractivity contribution is 9.10. The molecule has 0 heterocycles. The summed E-state index contributed by atoms with van der Waals surface area (Å²) >= 11 is 9.45. The van der Waals surface area contributed by atoms with E-state index in [1.165, 1.54) is 0 Å². The number of carboxylic acid groups (broad SMARTS) is 1. The van der Waals surface area contributed by atoms with Gasteiger partial charge < -0.3 is 9.84 Å². The van der Waals surface area contributed by atoms with Crippen molar-refractivity contribution in [1.82, 2.24) is 0 Å². The molecule has 0 radical (unpaired) electrons. The first-order chi connectivity index (χ1) is 9.95. The zero-order valence-electron chi connectivity index (χ0n) is 11.1. The molecule has 0 saturated heterocycles. The van der Waals surface area contributed by atoms with E-state index in [-0.39, 0.29) is 0 Å². The van der Waals surface area contributed by atoms with Gasteiger partial charge >= 0.3 is 5.97 Å². The summed E-state index contributed by atoms with van der Waals surface area (Å²) in [5.41, 5.74) is 1.74. The Labute approximate surface area is 135 Å². The smallest absolute Gasteiger partial charge is 0.328 e. The predicted octanol–water partition coefficient (Wildman–Crippen LogP) is 5.30. The highest BCUT2D eigenvalue weighted by atomic mass is 79.9. The zero-order chi connectivity index (χ0) is 15.4. The van der Waals surface area contributed by atoms with Crippen LogP contribution in [0.2, 0.25) is 5.02 Å². The largest absolute Gasteiger partial charge is 0.478 e. The van der Waals surface area contributed by atoms with Gasteiger partial charge in [-0.1, -0.05) is 33.6 Å². The van der Waals surface area contributed by atoms with Crippen LogP contribution in [0.4, 0.5) is 0 Å². The number of carbonyl (C=O) groups is 1. The molecule has 5 heteroatoms. The van der Waals surface area contributed by atoms with Gasteiger partial charge in [0.1, 0.15) is 11.5 Å². The van der Waals surface area contributed by atoms with Gasteiger partial charge in [-0.2, -0.15) is 0 Å². The fraction of sp³-hybridized carbons (Fsp3) is 0.0625. The van der Waals surface area contributed by atoms with Crippen molar-refractivity contribution in [1.29, 1.82) is 0 Å². The lowest BCUT2D eigenvalue weighted by Crippen LogP contribution is -1.90. The minimum Gasteiger partial charge on any atom is -0.478 e. The fourth-order valence-electron chi connectivity index (χ4n) is 1.74. The molecule has 0 aliphatic heterocycles. The number of ether oxygens (including phenoxy) is 1. The minimum atomic E-state index is -0.976. The zero-order valence-corrected chi connectivity index (χ0v) is 13.5. The number of carboxylic acids is 1. The maximum absolute atomic E-state index is 10.5. The quantitative estimate of drug-likeness (QED) is 0.746. The van der Waals surface area contributed by atoms with Gasteiger partial charge in [-0.05, 0) is 54.5 Å². The van der Waals surface area contributed by atoms with Crippen LogP contribution >= 0.6 is 27.5 Å². The van der Waals surface area contributed by atoms with Crippen molar-refractivity contribution in [3.05, 3.63) is 63.1 Å². The second-order valence-electron chi connectivity index (χ2n) is 4.37. The Balaban J connectivity index is 2.24. The van der Waals surface area contributed by atoms with E-state index in [1.54, 1.807) is 30.3 Å². The SMILES string of the molecule is Cc1cc(Oc2cc(Br)ccc2Cl)ccc1C=CC(=O)O. The molecule has 0 aromatic heterocycles. The molecule has 0 atom stereocenters. The van der Waals surface area contributed by atoms with Gasteiger partial charge in [0.25, 0.3) is 0 Å². The second-order valence-corrected chi connectivity index (χ2v) is 5.69. The van der Waals surface area contributed by atoms with Gasteiger partial charge in [0.15, 0.2) is 0 Å². The number of benzene rings is 2. The average molecular weight is 368 g/mol. The summed E-state index contributed by atoms with van der Waals surface area (Å²) in [4.78, 5) is 10.5. The summed E-state index contributed by atoms with van der Waals surface area (Å²) in [5.74, 6) is 0.217. The lowest BCUT2D eigenvalue weighted by Gasteiger charge is -2.10. The van der Waals surface area contributed by atoms with Crippen molar-refractivity contribution < 1.29 is 14.6 Å². The van der Waals surface area contributed by atoms with Crippen LogP contribution in [0.3, 0.4) is 0 Å². The Bertz CT molecular complexity index is 711.